The third kappa shape index (κ3) is 6.42. The van der Waals surface area contributed by atoms with Gasteiger partial charge >= 0.3 is 0 Å². The Morgan fingerprint density at radius 2 is 1.15 bits per heavy atom. The number of hydrogen-bond donors (Lipinski definition) is 1. The fourth-order valence-electron chi connectivity index (χ4n) is 5.06. The van der Waals surface area contributed by atoms with E-state index in [4.69, 9.17) is 14.2 Å². The van der Waals surface area contributed by atoms with Gasteiger partial charge in [-0.15, -0.1) is 0 Å². The zero-order chi connectivity index (χ0) is 28.6. The van der Waals surface area contributed by atoms with Crippen molar-refractivity contribution in [3.8, 4) is 0 Å². The Labute approximate surface area is 236 Å². The Morgan fingerprint density at radius 3 is 1.60 bits per heavy atom. The molecular formula is C32H38N2O6. The van der Waals surface area contributed by atoms with Gasteiger partial charge in [0.25, 0.3) is 11.8 Å². The number of aliphatic hydroxyl groups is 1. The molecule has 1 N–H and O–H groups in total. The first-order chi connectivity index (χ1) is 19.3. The van der Waals surface area contributed by atoms with E-state index in [0.717, 1.165) is 16.0 Å². The van der Waals surface area contributed by atoms with E-state index in [9.17, 15) is 14.7 Å². The number of benzene rings is 3. The van der Waals surface area contributed by atoms with Crippen LogP contribution in [-0.2, 0) is 43.4 Å². The molecule has 4 rings (SSSR count). The summed E-state index contributed by atoms with van der Waals surface area (Å²) in [5, 5.41) is 12.1. The summed E-state index contributed by atoms with van der Waals surface area (Å²) < 4.78 is 17.8. The molecule has 3 aromatic rings. The van der Waals surface area contributed by atoms with Gasteiger partial charge in [0, 0.05) is 20.0 Å². The van der Waals surface area contributed by atoms with E-state index in [1.807, 2.05) is 92.7 Å². The standard InChI is InChI=1S/C32H38N2O6/c1-25(2)19-32(38-3)30(36)33(23-39-21-27-15-9-5-10-16-27)31(37,20-26-13-7-4-8-14-26)29(35)34(32)24-40-22-28-17-11-6-12-18-28/h4-18,25,37H,19-24H2,1-3H3/t31-,32-/m1/s1. The molecule has 2 atom stereocenters. The summed E-state index contributed by atoms with van der Waals surface area (Å²) in [5.41, 5.74) is -1.38. The van der Waals surface area contributed by atoms with Gasteiger partial charge < -0.3 is 19.3 Å². The average molecular weight is 547 g/mol. The molecule has 1 heterocycles. The monoisotopic (exact) mass is 546 g/mol. The first kappa shape index (κ1) is 29.4. The predicted molar refractivity (Wildman–Crippen MR) is 150 cm³/mol. The van der Waals surface area contributed by atoms with Crippen molar-refractivity contribution in [1.82, 2.24) is 9.80 Å². The second-order valence-corrected chi connectivity index (χ2v) is 10.5. The van der Waals surface area contributed by atoms with Crippen LogP contribution in [0.2, 0.25) is 0 Å². The third-order valence-electron chi connectivity index (χ3n) is 7.03. The summed E-state index contributed by atoms with van der Waals surface area (Å²) in [6, 6.07) is 28.2. The van der Waals surface area contributed by atoms with Gasteiger partial charge in [0.2, 0.25) is 11.4 Å². The van der Waals surface area contributed by atoms with E-state index in [0.29, 0.717) is 5.56 Å². The third-order valence-corrected chi connectivity index (χ3v) is 7.03. The van der Waals surface area contributed by atoms with E-state index in [2.05, 4.69) is 0 Å². The number of amides is 2. The highest BCUT2D eigenvalue weighted by Crippen LogP contribution is 2.38. The molecule has 40 heavy (non-hydrogen) atoms. The highest BCUT2D eigenvalue weighted by Gasteiger charge is 2.63. The van der Waals surface area contributed by atoms with Crippen LogP contribution in [0.15, 0.2) is 91.0 Å². The van der Waals surface area contributed by atoms with Crippen molar-refractivity contribution in [1.29, 1.82) is 0 Å². The number of hydrogen-bond acceptors (Lipinski definition) is 6. The Bertz CT molecular complexity index is 1240. The van der Waals surface area contributed by atoms with Crippen LogP contribution >= 0.6 is 0 Å². The lowest BCUT2D eigenvalue weighted by molar-refractivity contribution is -0.260. The van der Waals surface area contributed by atoms with Gasteiger partial charge in [0.1, 0.15) is 13.5 Å². The fourth-order valence-corrected chi connectivity index (χ4v) is 5.06. The summed E-state index contributed by atoms with van der Waals surface area (Å²) in [5.74, 6) is -1.26. The lowest BCUT2D eigenvalue weighted by atomic mass is 9.89. The molecule has 1 aliphatic heterocycles. The van der Waals surface area contributed by atoms with Crippen molar-refractivity contribution in [2.45, 2.75) is 51.4 Å². The number of carbonyl (C=O) groups is 2. The van der Waals surface area contributed by atoms with Crippen LogP contribution in [-0.4, -0.2) is 58.7 Å². The second-order valence-electron chi connectivity index (χ2n) is 10.5. The van der Waals surface area contributed by atoms with Crippen molar-refractivity contribution in [3.63, 3.8) is 0 Å². The van der Waals surface area contributed by atoms with E-state index in [1.165, 1.54) is 12.0 Å². The molecule has 0 bridgehead atoms. The number of piperazine rings is 1. The molecule has 8 heteroatoms. The SMILES string of the molecule is CO[C@]1(CC(C)C)C(=O)N(COCc2ccccc2)[C@@](O)(Cc2ccccc2)C(=O)N1COCc1ccccc1. The molecule has 1 aliphatic rings. The summed E-state index contributed by atoms with van der Waals surface area (Å²) in [6.45, 7) is 3.78. The number of methoxy groups -OCH3 is 1. The molecule has 8 nitrogen and oxygen atoms in total. The number of nitrogens with zero attached hydrogens (tertiary/aromatic N) is 2. The Morgan fingerprint density at radius 1 is 0.700 bits per heavy atom. The molecule has 2 amide bonds. The Kier molecular flexibility index (Phi) is 9.71. The molecule has 0 saturated carbocycles. The molecule has 0 aromatic heterocycles. The summed E-state index contributed by atoms with van der Waals surface area (Å²) in [7, 11) is 1.41. The normalized spacial score (nSPS) is 21.3. The van der Waals surface area contributed by atoms with Crippen LogP contribution in [0.1, 0.15) is 37.0 Å². The van der Waals surface area contributed by atoms with E-state index in [-0.39, 0.29) is 45.4 Å². The maximum Gasteiger partial charge on any atom is 0.280 e. The minimum atomic E-state index is -2.22. The number of rotatable bonds is 13. The average Bonchev–Trinajstić information content (AvgIpc) is 2.96. The van der Waals surface area contributed by atoms with E-state index < -0.39 is 23.3 Å². The Balaban J connectivity index is 1.68. The quantitative estimate of drug-likeness (QED) is 0.344. The van der Waals surface area contributed by atoms with Gasteiger partial charge in [-0.3, -0.25) is 19.4 Å². The molecule has 0 radical (unpaired) electrons. The Hall–Kier alpha value is -3.56. The van der Waals surface area contributed by atoms with Crippen LogP contribution < -0.4 is 0 Å². The van der Waals surface area contributed by atoms with Crippen LogP contribution in [0.3, 0.4) is 0 Å². The lowest BCUT2D eigenvalue weighted by Crippen LogP contribution is -2.78. The van der Waals surface area contributed by atoms with Crippen molar-refractivity contribution < 1.29 is 28.9 Å². The first-order valence-corrected chi connectivity index (χ1v) is 13.5. The van der Waals surface area contributed by atoms with Crippen molar-refractivity contribution in [2.75, 3.05) is 20.6 Å². The van der Waals surface area contributed by atoms with Crippen LogP contribution in [0.5, 0.6) is 0 Å². The highest BCUT2D eigenvalue weighted by atomic mass is 16.5. The minimum absolute atomic E-state index is 0.0132. The largest absolute Gasteiger partial charge is 0.363 e. The van der Waals surface area contributed by atoms with Crippen molar-refractivity contribution in [3.05, 3.63) is 108 Å². The van der Waals surface area contributed by atoms with Crippen LogP contribution in [0, 0.1) is 5.92 Å². The molecule has 0 aliphatic carbocycles. The van der Waals surface area contributed by atoms with Crippen molar-refractivity contribution >= 4 is 11.8 Å². The summed E-state index contributed by atoms with van der Waals surface area (Å²) >= 11 is 0. The zero-order valence-corrected chi connectivity index (χ0v) is 23.4. The molecule has 0 spiro atoms. The van der Waals surface area contributed by atoms with Gasteiger partial charge in [0.05, 0.1) is 13.2 Å². The first-order valence-electron chi connectivity index (χ1n) is 13.5. The van der Waals surface area contributed by atoms with Gasteiger partial charge in [-0.2, -0.15) is 0 Å². The molecule has 1 saturated heterocycles. The van der Waals surface area contributed by atoms with E-state index in [1.54, 1.807) is 12.1 Å². The smallest absolute Gasteiger partial charge is 0.280 e. The molecule has 3 aromatic carbocycles. The van der Waals surface area contributed by atoms with Crippen molar-refractivity contribution in [2.24, 2.45) is 5.92 Å². The second kappa shape index (κ2) is 13.2. The molecule has 1 fully saturated rings. The highest BCUT2D eigenvalue weighted by molar-refractivity contribution is 6.00. The lowest BCUT2D eigenvalue weighted by Gasteiger charge is -2.54. The maximum absolute atomic E-state index is 14.4. The number of carbonyl (C=O) groups excluding carboxylic acids is 2. The predicted octanol–water partition coefficient (Wildman–Crippen LogP) is 4.33. The van der Waals surface area contributed by atoms with Gasteiger partial charge in [0.15, 0.2) is 0 Å². The summed E-state index contributed by atoms with van der Waals surface area (Å²) in [6.07, 6.45) is 0.0864. The summed E-state index contributed by atoms with van der Waals surface area (Å²) in [4.78, 5) is 31.0. The topological polar surface area (TPSA) is 88.5 Å². The molecule has 0 unspecified atom stereocenters. The molecular weight excluding hydrogens is 508 g/mol. The fraction of sp³-hybridized carbons (Fsp3) is 0.375. The minimum Gasteiger partial charge on any atom is -0.363 e. The zero-order valence-electron chi connectivity index (χ0n) is 23.4. The maximum atomic E-state index is 14.4. The van der Waals surface area contributed by atoms with E-state index >= 15 is 0 Å². The van der Waals surface area contributed by atoms with Gasteiger partial charge in [-0.25, -0.2) is 0 Å². The molecule has 212 valence electrons. The van der Waals surface area contributed by atoms with Crippen LogP contribution in [0.4, 0.5) is 0 Å². The number of ether oxygens (including phenoxy) is 3. The van der Waals surface area contributed by atoms with Crippen LogP contribution in [0.25, 0.3) is 0 Å². The van der Waals surface area contributed by atoms with Gasteiger partial charge in [-0.05, 0) is 22.6 Å². The van der Waals surface area contributed by atoms with Gasteiger partial charge in [-0.1, -0.05) is 105 Å².